The number of hydrogen-bond donors (Lipinski definition) is 2. The first-order valence-corrected chi connectivity index (χ1v) is 7.24. The zero-order chi connectivity index (χ0) is 12.1. The number of rotatable bonds is 4. The van der Waals surface area contributed by atoms with Gasteiger partial charge in [0.15, 0.2) is 0 Å². The molecule has 1 heterocycles. The van der Waals surface area contributed by atoms with E-state index in [4.69, 9.17) is 10.5 Å². The summed E-state index contributed by atoms with van der Waals surface area (Å²) in [6.45, 7) is 1.85. The molecule has 3 N–H and O–H groups in total. The molecule has 0 saturated carbocycles. The van der Waals surface area contributed by atoms with Gasteiger partial charge in [-0.2, -0.15) is 0 Å². The molecule has 1 atom stereocenters. The van der Waals surface area contributed by atoms with E-state index in [1.165, 1.54) is 22.8 Å². The zero-order valence-corrected chi connectivity index (χ0v) is 12.1. The molecule has 0 spiro atoms. The highest BCUT2D eigenvalue weighted by Crippen LogP contribution is 2.21. The molecule has 0 aliphatic carbocycles. The van der Waals surface area contributed by atoms with E-state index in [2.05, 4.69) is 34.0 Å². The lowest BCUT2D eigenvalue weighted by Gasteiger charge is -2.22. The van der Waals surface area contributed by atoms with Gasteiger partial charge in [-0.1, -0.05) is 0 Å². The van der Waals surface area contributed by atoms with Gasteiger partial charge in [0.25, 0.3) is 0 Å². The van der Waals surface area contributed by atoms with Crippen LogP contribution in [0.2, 0.25) is 0 Å². The molecule has 3 nitrogen and oxygen atoms in total. The van der Waals surface area contributed by atoms with Crippen molar-refractivity contribution in [2.24, 2.45) is 0 Å². The van der Waals surface area contributed by atoms with Crippen LogP contribution in [0.25, 0.3) is 0 Å². The first kappa shape index (κ1) is 13.0. The number of hydrogen-bond acceptors (Lipinski definition) is 3. The number of nitrogen functional groups attached to an aromatic ring is 1. The second kappa shape index (κ2) is 6.44. The van der Waals surface area contributed by atoms with Gasteiger partial charge >= 0.3 is 0 Å². The number of nitrogens with one attached hydrogen (secondary N) is 1. The highest BCUT2D eigenvalue weighted by atomic mass is 127. The molecule has 1 aromatic carbocycles. The van der Waals surface area contributed by atoms with Gasteiger partial charge in [0, 0.05) is 16.7 Å². The minimum atomic E-state index is 0.432. The van der Waals surface area contributed by atoms with Gasteiger partial charge in [-0.3, -0.25) is 0 Å². The Balaban J connectivity index is 1.77. The van der Waals surface area contributed by atoms with Crippen LogP contribution in [0.3, 0.4) is 0 Å². The molecular weight excluding hydrogens is 327 g/mol. The molecule has 4 heteroatoms. The van der Waals surface area contributed by atoms with E-state index in [9.17, 15) is 0 Å². The second-order valence-corrected chi connectivity index (χ2v) is 5.68. The normalized spacial score (nSPS) is 20.2. The van der Waals surface area contributed by atoms with E-state index in [0.29, 0.717) is 6.10 Å². The molecule has 2 rings (SSSR count). The van der Waals surface area contributed by atoms with Crippen LogP contribution in [-0.2, 0) is 4.74 Å². The SMILES string of the molecule is Nc1cc(I)ccc1NCCC1CCCCO1. The summed E-state index contributed by atoms with van der Waals surface area (Å²) < 4.78 is 6.86. The molecule has 17 heavy (non-hydrogen) atoms. The van der Waals surface area contributed by atoms with Crippen molar-refractivity contribution in [2.75, 3.05) is 24.2 Å². The van der Waals surface area contributed by atoms with Crippen LogP contribution in [0.5, 0.6) is 0 Å². The second-order valence-electron chi connectivity index (χ2n) is 4.44. The Bertz CT molecular complexity index is 364. The maximum absolute atomic E-state index is 5.94. The van der Waals surface area contributed by atoms with Gasteiger partial charge in [-0.15, -0.1) is 0 Å². The van der Waals surface area contributed by atoms with Crippen molar-refractivity contribution in [2.45, 2.75) is 31.8 Å². The predicted octanol–water partition coefficient (Wildman–Crippen LogP) is 3.24. The third-order valence-electron chi connectivity index (χ3n) is 3.07. The lowest BCUT2D eigenvalue weighted by atomic mass is 10.1. The summed E-state index contributed by atoms with van der Waals surface area (Å²) >= 11 is 2.27. The summed E-state index contributed by atoms with van der Waals surface area (Å²) in [6.07, 6.45) is 5.21. The largest absolute Gasteiger partial charge is 0.397 e. The van der Waals surface area contributed by atoms with E-state index in [0.717, 1.165) is 30.9 Å². The molecule has 1 unspecified atom stereocenters. The standard InChI is InChI=1S/C13H19IN2O/c14-10-4-5-13(12(15)9-10)16-7-6-11-3-1-2-8-17-11/h4-5,9,11,16H,1-3,6-8,15H2. The van der Waals surface area contributed by atoms with E-state index in [1.807, 2.05) is 12.1 Å². The topological polar surface area (TPSA) is 47.3 Å². The molecule has 1 saturated heterocycles. The highest BCUT2D eigenvalue weighted by molar-refractivity contribution is 14.1. The summed E-state index contributed by atoms with van der Waals surface area (Å²) in [5.74, 6) is 0. The van der Waals surface area contributed by atoms with Crippen LogP contribution in [0.15, 0.2) is 18.2 Å². The lowest BCUT2D eigenvalue weighted by Crippen LogP contribution is -2.22. The number of nitrogens with two attached hydrogens (primary N) is 1. The van der Waals surface area contributed by atoms with Crippen molar-refractivity contribution >= 4 is 34.0 Å². The van der Waals surface area contributed by atoms with Crippen LogP contribution < -0.4 is 11.1 Å². The average molecular weight is 346 g/mol. The molecule has 0 bridgehead atoms. The first-order chi connectivity index (χ1) is 8.25. The van der Waals surface area contributed by atoms with Gasteiger partial charge in [0.1, 0.15) is 0 Å². The summed E-state index contributed by atoms with van der Waals surface area (Å²) in [7, 11) is 0. The van der Waals surface area contributed by atoms with Crippen LogP contribution in [0.1, 0.15) is 25.7 Å². The third kappa shape index (κ3) is 4.03. The van der Waals surface area contributed by atoms with E-state index in [1.54, 1.807) is 0 Å². The molecule has 0 radical (unpaired) electrons. The number of anilines is 2. The van der Waals surface area contributed by atoms with Crippen molar-refractivity contribution in [1.82, 2.24) is 0 Å². The molecule has 0 amide bonds. The van der Waals surface area contributed by atoms with E-state index >= 15 is 0 Å². The fraction of sp³-hybridized carbons (Fsp3) is 0.538. The average Bonchev–Trinajstić information content (AvgIpc) is 2.33. The van der Waals surface area contributed by atoms with Crippen molar-refractivity contribution in [1.29, 1.82) is 0 Å². The molecule has 94 valence electrons. The Morgan fingerprint density at radius 3 is 3.00 bits per heavy atom. The van der Waals surface area contributed by atoms with Gasteiger partial charge in [0.2, 0.25) is 0 Å². The maximum atomic E-state index is 5.94. The van der Waals surface area contributed by atoms with Crippen LogP contribution in [0.4, 0.5) is 11.4 Å². The fourth-order valence-electron chi connectivity index (χ4n) is 2.10. The van der Waals surface area contributed by atoms with Gasteiger partial charge in [-0.05, 0) is 66.5 Å². The van der Waals surface area contributed by atoms with Crippen LogP contribution in [-0.4, -0.2) is 19.3 Å². The Morgan fingerprint density at radius 2 is 2.29 bits per heavy atom. The smallest absolute Gasteiger partial charge is 0.0591 e. The number of benzene rings is 1. The lowest BCUT2D eigenvalue weighted by molar-refractivity contribution is 0.0134. The van der Waals surface area contributed by atoms with E-state index in [-0.39, 0.29) is 0 Å². The minimum absolute atomic E-state index is 0.432. The molecular formula is C13H19IN2O. The zero-order valence-electron chi connectivity index (χ0n) is 9.92. The summed E-state index contributed by atoms with van der Waals surface area (Å²) in [5.41, 5.74) is 7.79. The Labute approximate surface area is 116 Å². The summed E-state index contributed by atoms with van der Waals surface area (Å²) in [6, 6.07) is 6.09. The minimum Gasteiger partial charge on any atom is -0.397 e. The third-order valence-corrected chi connectivity index (χ3v) is 3.74. The van der Waals surface area contributed by atoms with Crippen molar-refractivity contribution in [3.05, 3.63) is 21.8 Å². The van der Waals surface area contributed by atoms with Crippen molar-refractivity contribution in [3.63, 3.8) is 0 Å². The van der Waals surface area contributed by atoms with Crippen molar-refractivity contribution in [3.8, 4) is 0 Å². The van der Waals surface area contributed by atoms with E-state index < -0.39 is 0 Å². The Kier molecular flexibility index (Phi) is 4.91. The molecule has 0 aromatic heterocycles. The van der Waals surface area contributed by atoms with Crippen LogP contribution >= 0.6 is 22.6 Å². The van der Waals surface area contributed by atoms with Crippen LogP contribution in [0, 0.1) is 3.57 Å². The quantitative estimate of drug-likeness (QED) is 0.650. The fourth-order valence-corrected chi connectivity index (χ4v) is 2.61. The number of halogens is 1. The Morgan fingerprint density at radius 1 is 1.41 bits per heavy atom. The first-order valence-electron chi connectivity index (χ1n) is 6.16. The molecule has 1 aliphatic rings. The monoisotopic (exact) mass is 346 g/mol. The highest BCUT2D eigenvalue weighted by Gasteiger charge is 2.13. The number of ether oxygens (including phenoxy) is 1. The van der Waals surface area contributed by atoms with Gasteiger partial charge < -0.3 is 15.8 Å². The maximum Gasteiger partial charge on any atom is 0.0591 e. The molecule has 1 aliphatic heterocycles. The summed E-state index contributed by atoms with van der Waals surface area (Å²) in [5, 5.41) is 3.38. The summed E-state index contributed by atoms with van der Waals surface area (Å²) in [4.78, 5) is 0. The van der Waals surface area contributed by atoms with Gasteiger partial charge in [0.05, 0.1) is 17.5 Å². The van der Waals surface area contributed by atoms with Crippen molar-refractivity contribution < 1.29 is 4.74 Å². The molecule has 1 fully saturated rings. The predicted molar refractivity (Wildman–Crippen MR) is 80.3 cm³/mol. The Hall–Kier alpha value is -0.490. The van der Waals surface area contributed by atoms with Gasteiger partial charge in [-0.25, -0.2) is 0 Å². The molecule has 1 aromatic rings.